The van der Waals surface area contributed by atoms with E-state index in [1.807, 2.05) is 19.1 Å². The molecule has 0 radical (unpaired) electrons. The fourth-order valence-electron chi connectivity index (χ4n) is 2.22. The van der Waals surface area contributed by atoms with Crippen LogP contribution in [-0.2, 0) is 23.0 Å². The van der Waals surface area contributed by atoms with E-state index in [2.05, 4.69) is 17.0 Å². The third-order valence-corrected chi connectivity index (χ3v) is 5.21. The molecule has 1 unspecified atom stereocenters. The molecule has 0 aromatic heterocycles. The maximum atomic E-state index is 12.4. The van der Waals surface area contributed by atoms with Gasteiger partial charge in [-0.1, -0.05) is 32.4 Å². The Hall–Kier alpha value is -0.910. The molecular formula is C14H22N2O2S. The minimum atomic E-state index is -3.38. The molecule has 106 valence electrons. The quantitative estimate of drug-likeness (QED) is 0.863. The summed E-state index contributed by atoms with van der Waals surface area (Å²) < 4.78 is 27.5. The maximum absolute atomic E-state index is 12.4. The van der Waals surface area contributed by atoms with Crippen molar-refractivity contribution in [3.63, 3.8) is 0 Å². The first-order valence-corrected chi connectivity index (χ1v) is 8.34. The molecule has 1 heterocycles. The van der Waals surface area contributed by atoms with Gasteiger partial charge in [0.2, 0.25) is 10.0 Å². The van der Waals surface area contributed by atoms with Crippen LogP contribution in [-0.4, -0.2) is 21.5 Å². The molecule has 19 heavy (non-hydrogen) atoms. The fraction of sp³-hybridized carbons (Fsp3) is 0.571. The molecule has 0 spiro atoms. The van der Waals surface area contributed by atoms with E-state index >= 15 is 0 Å². The number of nitrogens with one attached hydrogen (secondary N) is 2. The van der Waals surface area contributed by atoms with Gasteiger partial charge >= 0.3 is 0 Å². The van der Waals surface area contributed by atoms with Crippen molar-refractivity contribution >= 4 is 10.0 Å². The van der Waals surface area contributed by atoms with Crippen LogP contribution in [0.25, 0.3) is 0 Å². The molecule has 1 aliphatic heterocycles. The van der Waals surface area contributed by atoms with Crippen molar-refractivity contribution in [2.45, 2.75) is 38.1 Å². The first kappa shape index (κ1) is 14.5. The molecule has 2 rings (SSSR count). The summed E-state index contributed by atoms with van der Waals surface area (Å²) >= 11 is 0. The van der Waals surface area contributed by atoms with Gasteiger partial charge in [-0.25, -0.2) is 13.1 Å². The summed E-state index contributed by atoms with van der Waals surface area (Å²) in [5.74, 6) is 0.357. The van der Waals surface area contributed by atoms with Gasteiger partial charge in [0.05, 0.1) is 4.90 Å². The van der Waals surface area contributed by atoms with Gasteiger partial charge in [-0.05, 0) is 36.1 Å². The molecule has 0 bridgehead atoms. The minimum absolute atomic E-state index is 0.357. The number of fused-ring (bicyclic) bond motifs is 1. The monoisotopic (exact) mass is 282 g/mol. The molecule has 0 saturated heterocycles. The molecule has 2 N–H and O–H groups in total. The van der Waals surface area contributed by atoms with Gasteiger partial charge in [0.1, 0.15) is 0 Å². The predicted octanol–water partition coefficient (Wildman–Crippen LogP) is 1.66. The van der Waals surface area contributed by atoms with Gasteiger partial charge in [-0.15, -0.1) is 0 Å². The second-order valence-corrected chi connectivity index (χ2v) is 6.92. The zero-order valence-electron chi connectivity index (χ0n) is 11.6. The smallest absolute Gasteiger partial charge is 0.240 e. The van der Waals surface area contributed by atoms with Crippen molar-refractivity contribution in [1.82, 2.24) is 10.0 Å². The van der Waals surface area contributed by atoms with Crippen LogP contribution < -0.4 is 10.0 Å². The summed E-state index contributed by atoms with van der Waals surface area (Å²) in [4.78, 5) is 0.454. The number of rotatable bonds is 5. The SMILES string of the molecule is CCC(C)CNS(=O)(=O)c1cccc2c1CCNC2. The van der Waals surface area contributed by atoms with Crippen LogP contribution in [0.3, 0.4) is 0 Å². The first-order chi connectivity index (χ1) is 9.04. The Bertz CT molecular complexity index is 540. The van der Waals surface area contributed by atoms with E-state index in [1.54, 1.807) is 6.07 Å². The zero-order chi connectivity index (χ0) is 13.9. The summed E-state index contributed by atoms with van der Waals surface area (Å²) in [7, 11) is -3.38. The second-order valence-electron chi connectivity index (χ2n) is 5.19. The Labute approximate surface area is 115 Å². The van der Waals surface area contributed by atoms with Crippen molar-refractivity contribution in [1.29, 1.82) is 0 Å². The maximum Gasteiger partial charge on any atom is 0.240 e. The predicted molar refractivity (Wildman–Crippen MR) is 76.5 cm³/mol. The lowest BCUT2D eigenvalue weighted by Crippen LogP contribution is -2.31. The van der Waals surface area contributed by atoms with Gasteiger partial charge < -0.3 is 5.32 Å². The van der Waals surface area contributed by atoms with Crippen LogP contribution in [0, 0.1) is 5.92 Å². The lowest BCUT2D eigenvalue weighted by atomic mass is 10.0. The molecular weight excluding hydrogens is 260 g/mol. The largest absolute Gasteiger partial charge is 0.312 e. The molecule has 0 amide bonds. The van der Waals surface area contributed by atoms with E-state index in [1.165, 1.54) is 0 Å². The van der Waals surface area contributed by atoms with Gasteiger partial charge in [0, 0.05) is 13.1 Å². The lowest BCUT2D eigenvalue weighted by molar-refractivity contribution is 0.527. The Morgan fingerprint density at radius 1 is 1.42 bits per heavy atom. The van der Waals surface area contributed by atoms with Crippen LogP contribution in [0.5, 0.6) is 0 Å². The highest BCUT2D eigenvalue weighted by atomic mass is 32.2. The molecule has 0 fully saturated rings. The Balaban J connectivity index is 2.25. The molecule has 0 aliphatic carbocycles. The van der Waals surface area contributed by atoms with Crippen LogP contribution in [0.1, 0.15) is 31.4 Å². The Morgan fingerprint density at radius 3 is 2.95 bits per heavy atom. The summed E-state index contributed by atoms with van der Waals surface area (Å²) in [6, 6.07) is 5.53. The highest BCUT2D eigenvalue weighted by molar-refractivity contribution is 7.89. The minimum Gasteiger partial charge on any atom is -0.312 e. The molecule has 1 atom stereocenters. The van der Waals surface area contributed by atoms with Crippen LogP contribution >= 0.6 is 0 Å². The molecule has 1 aromatic carbocycles. The first-order valence-electron chi connectivity index (χ1n) is 6.85. The van der Waals surface area contributed by atoms with Crippen molar-refractivity contribution in [3.05, 3.63) is 29.3 Å². The number of benzene rings is 1. The third kappa shape index (κ3) is 3.35. The normalized spacial score (nSPS) is 16.9. The van der Waals surface area contributed by atoms with E-state index < -0.39 is 10.0 Å². The third-order valence-electron chi connectivity index (χ3n) is 3.71. The summed E-state index contributed by atoms with van der Waals surface area (Å²) in [6.45, 7) is 6.21. The van der Waals surface area contributed by atoms with Crippen molar-refractivity contribution in [2.75, 3.05) is 13.1 Å². The van der Waals surface area contributed by atoms with Gasteiger partial charge in [0.15, 0.2) is 0 Å². The number of hydrogen-bond donors (Lipinski definition) is 2. The zero-order valence-corrected chi connectivity index (χ0v) is 12.4. The van der Waals surface area contributed by atoms with E-state index in [0.717, 1.165) is 37.1 Å². The highest BCUT2D eigenvalue weighted by Crippen LogP contribution is 2.22. The van der Waals surface area contributed by atoms with E-state index in [4.69, 9.17) is 0 Å². The Morgan fingerprint density at radius 2 is 2.21 bits per heavy atom. The van der Waals surface area contributed by atoms with Gasteiger partial charge in [-0.3, -0.25) is 0 Å². The molecule has 5 heteroatoms. The molecule has 1 aliphatic rings. The van der Waals surface area contributed by atoms with Gasteiger partial charge in [0.25, 0.3) is 0 Å². The Kier molecular flexibility index (Phi) is 4.60. The summed E-state index contributed by atoms with van der Waals surface area (Å²) in [6.07, 6.45) is 1.75. The summed E-state index contributed by atoms with van der Waals surface area (Å²) in [5.41, 5.74) is 2.07. The number of sulfonamides is 1. The van der Waals surface area contributed by atoms with E-state index in [9.17, 15) is 8.42 Å². The summed E-state index contributed by atoms with van der Waals surface area (Å²) in [5, 5.41) is 3.26. The standard InChI is InChI=1S/C14H22N2O2S/c1-3-11(2)9-16-19(17,18)14-6-4-5-12-10-15-8-7-13(12)14/h4-6,11,15-16H,3,7-10H2,1-2H3. The van der Waals surface area contributed by atoms with Crippen molar-refractivity contribution in [3.8, 4) is 0 Å². The molecule has 0 saturated carbocycles. The highest BCUT2D eigenvalue weighted by Gasteiger charge is 2.22. The van der Waals surface area contributed by atoms with Crippen LogP contribution in [0.15, 0.2) is 23.1 Å². The van der Waals surface area contributed by atoms with Crippen molar-refractivity contribution in [2.24, 2.45) is 5.92 Å². The van der Waals surface area contributed by atoms with E-state index in [-0.39, 0.29) is 0 Å². The average molecular weight is 282 g/mol. The van der Waals surface area contributed by atoms with Crippen LogP contribution in [0.4, 0.5) is 0 Å². The van der Waals surface area contributed by atoms with Crippen molar-refractivity contribution < 1.29 is 8.42 Å². The molecule has 4 nitrogen and oxygen atoms in total. The number of hydrogen-bond acceptors (Lipinski definition) is 3. The fourth-order valence-corrected chi connectivity index (χ4v) is 3.70. The molecule has 1 aromatic rings. The van der Waals surface area contributed by atoms with Crippen LogP contribution in [0.2, 0.25) is 0 Å². The van der Waals surface area contributed by atoms with E-state index in [0.29, 0.717) is 17.4 Å². The second kappa shape index (κ2) is 6.03. The van der Waals surface area contributed by atoms with Gasteiger partial charge in [-0.2, -0.15) is 0 Å². The topological polar surface area (TPSA) is 58.2 Å². The average Bonchev–Trinajstić information content (AvgIpc) is 2.44. The lowest BCUT2D eigenvalue weighted by Gasteiger charge is -2.20.